The Morgan fingerprint density at radius 3 is 2.51 bits per heavy atom. The number of nitrogens with zero attached hydrogens (tertiary/aromatic N) is 5. The van der Waals surface area contributed by atoms with Crippen LogP contribution in [0.3, 0.4) is 0 Å². The van der Waals surface area contributed by atoms with Crippen molar-refractivity contribution < 1.29 is 9.13 Å². The molecule has 1 aromatic carbocycles. The van der Waals surface area contributed by atoms with Crippen molar-refractivity contribution in [1.82, 2.24) is 19.9 Å². The van der Waals surface area contributed by atoms with Crippen molar-refractivity contribution in [2.45, 2.75) is 32.0 Å². The smallest absolute Gasteiger partial charge is 0.255 e. The number of benzene rings is 1. The predicted octanol–water partition coefficient (Wildman–Crippen LogP) is 2.75. The molecule has 35 heavy (non-hydrogen) atoms. The molecule has 5 rings (SSSR count). The molecule has 0 bridgehead atoms. The molecule has 8 nitrogen and oxygen atoms in total. The van der Waals surface area contributed by atoms with Crippen molar-refractivity contribution in [1.29, 1.82) is 0 Å². The molecule has 184 valence electrons. The quantitative estimate of drug-likeness (QED) is 0.618. The summed E-state index contributed by atoms with van der Waals surface area (Å²) >= 11 is 0. The average Bonchev–Trinajstić information content (AvgIpc) is 2.85. The molecule has 1 N–H and O–H groups in total. The lowest BCUT2D eigenvalue weighted by molar-refractivity contribution is 0.0390. The first-order valence-corrected chi connectivity index (χ1v) is 12.0. The van der Waals surface area contributed by atoms with Gasteiger partial charge in [-0.25, -0.2) is 9.37 Å². The Bertz CT molecular complexity index is 1240. The van der Waals surface area contributed by atoms with Crippen LogP contribution in [0, 0.1) is 5.82 Å². The Morgan fingerprint density at radius 2 is 1.80 bits per heavy atom. The molecule has 2 saturated heterocycles. The maximum absolute atomic E-state index is 14.3. The van der Waals surface area contributed by atoms with E-state index in [1.54, 1.807) is 7.05 Å². The minimum Gasteiger partial charge on any atom is -0.370 e. The van der Waals surface area contributed by atoms with E-state index in [-0.39, 0.29) is 17.2 Å². The minimum atomic E-state index is -0.507. The first-order chi connectivity index (χ1) is 16.9. The van der Waals surface area contributed by atoms with Gasteiger partial charge in [0.15, 0.2) is 5.82 Å². The Morgan fingerprint density at radius 1 is 1.06 bits per heavy atom. The lowest BCUT2D eigenvalue weighted by Gasteiger charge is -2.38. The molecular weight excluding hydrogens is 447 g/mol. The van der Waals surface area contributed by atoms with E-state index in [0.717, 1.165) is 24.8 Å². The molecule has 4 heterocycles. The van der Waals surface area contributed by atoms with E-state index in [1.165, 1.54) is 28.6 Å². The number of morpholine rings is 1. The van der Waals surface area contributed by atoms with Gasteiger partial charge in [-0.15, -0.1) is 0 Å². The number of anilines is 2. The lowest BCUT2D eigenvalue weighted by Crippen LogP contribution is -2.54. The zero-order valence-corrected chi connectivity index (χ0v) is 20.3. The lowest BCUT2D eigenvalue weighted by atomic mass is 10.1. The van der Waals surface area contributed by atoms with Gasteiger partial charge in [-0.3, -0.25) is 14.3 Å². The summed E-state index contributed by atoms with van der Waals surface area (Å²) < 4.78 is 21.9. The molecule has 2 aromatic heterocycles. The van der Waals surface area contributed by atoms with Crippen LogP contribution in [0.25, 0.3) is 11.3 Å². The second kappa shape index (κ2) is 9.75. The van der Waals surface area contributed by atoms with Crippen LogP contribution in [0.5, 0.6) is 0 Å². The molecule has 0 saturated carbocycles. The SMILES string of the molecule is CC1CN(c2ccc(C3CN(c4nc(-c5ccncc5F)cc(=O)n4C)CCO3)cc2)CC(C)N1. The van der Waals surface area contributed by atoms with E-state index >= 15 is 0 Å². The van der Waals surface area contributed by atoms with Gasteiger partial charge in [0.1, 0.15) is 6.10 Å². The highest BCUT2D eigenvalue weighted by Crippen LogP contribution is 2.28. The molecule has 3 unspecified atom stereocenters. The highest BCUT2D eigenvalue weighted by Gasteiger charge is 2.26. The molecule has 2 fully saturated rings. The van der Waals surface area contributed by atoms with Crippen molar-refractivity contribution in [3.8, 4) is 11.3 Å². The minimum absolute atomic E-state index is 0.156. The number of hydrogen-bond acceptors (Lipinski definition) is 7. The molecule has 2 aliphatic heterocycles. The zero-order valence-electron chi connectivity index (χ0n) is 20.3. The third-order valence-corrected chi connectivity index (χ3v) is 6.70. The normalized spacial score (nSPS) is 22.9. The van der Waals surface area contributed by atoms with Crippen molar-refractivity contribution in [2.24, 2.45) is 7.05 Å². The van der Waals surface area contributed by atoms with E-state index in [0.29, 0.717) is 43.4 Å². The van der Waals surface area contributed by atoms with E-state index in [1.807, 2.05) is 4.90 Å². The standard InChI is InChI=1S/C26H31FN6O2/c1-17-14-33(15-18(2)29-17)20-6-4-19(5-7-20)24-16-32(10-11-35-24)26-30-23(12-25(34)31(26)3)21-8-9-28-13-22(21)27/h4-9,12-13,17-18,24,29H,10-11,14-16H2,1-3H3. The largest absolute Gasteiger partial charge is 0.370 e. The number of halogens is 1. The van der Waals surface area contributed by atoms with Crippen LogP contribution in [0.1, 0.15) is 25.5 Å². The number of pyridine rings is 1. The van der Waals surface area contributed by atoms with Crippen LogP contribution in [-0.2, 0) is 11.8 Å². The van der Waals surface area contributed by atoms with Crippen LogP contribution in [0.15, 0.2) is 53.6 Å². The summed E-state index contributed by atoms with van der Waals surface area (Å²) in [5, 5.41) is 3.57. The predicted molar refractivity (Wildman–Crippen MR) is 134 cm³/mol. The molecule has 0 aliphatic carbocycles. The van der Waals surface area contributed by atoms with E-state index in [4.69, 9.17) is 4.74 Å². The second-order valence-electron chi connectivity index (χ2n) is 9.46. The molecule has 3 atom stereocenters. The Kier molecular flexibility index (Phi) is 6.53. The number of rotatable bonds is 4. The molecule has 9 heteroatoms. The van der Waals surface area contributed by atoms with Crippen LogP contribution in [-0.4, -0.2) is 59.4 Å². The van der Waals surface area contributed by atoms with Gasteiger partial charge in [-0.1, -0.05) is 12.1 Å². The van der Waals surface area contributed by atoms with E-state index in [9.17, 15) is 9.18 Å². The molecule has 0 radical (unpaired) electrons. The Labute approximate surface area is 204 Å². The fourth-order valence-corrected chi connectivity index (χ4v) is 5.00. The summed E-state index contributed by atoms with van der Waals surface area (Å²) in [5.74, 6) is -0.00940. The Hall–Kier alpha value is -3.30. The van der Waals surface area contributed by atoms with Crippen LogP contribution in [0.4, 0.5) is 16.0 Å². The number of ether oxygens (including phenoxy) is 1. The third kappa shape index (κ3) is 4.92. The number of aromatic nitrogens is 3. The maximum atomic E-state index is 14.3. The number of hydrogen-bond donors (Lipinski definition) is 1. The van der Waals surface area contributed by atoms with Crippen LogP contribution < -0.4 is 20.7 Å². The molecule has 3 aromatic rings. The third-order valence-electron chi connectivity index (χ3n) is 6.70. The van der Waals surface area contributed by atoms with Crippen LogP contribution >= 0.6 is 0 Å². The zero-order chi connectivity index (χ0) is 24.5. The van der Waals surface area contributed by atoms with Crippen LogP contribution in [0.2, 0.25) is 0 Å². The van der Waals surface area contributed by atoms with E-state index in [2.05, 4.69) is 58.3 Å². The van der Waals surface area contributed by atoms with Gasteiger partial charge >= 0.3 is 0 Å². The second-order valence-corrected chi connectivity index (χ2v) is 9.46. The summed E-state index contributed by atoms with van der Waals surface area (Å²) in [4.78, 5) is 25.6. The van der Waals surface area contributed by atoms with Gasteiger partial charge in [0.25, 0.3) is 5.56 Å². The Balaban J connectivity index is 1.37. The first kappa shape index (κ1) is 23.4. The number of piperazine rings is 1. The van der Waals surface area contributed by atoms with Gasteiger partial charge in [-0.2, -0.15) is 0 Å². The molecule has 0 spiro atoms. The summed E-state index contributed by atoms with van der Waals surface area (Å²) in [6, 6.07) is 12.3. The molecule has 0 amide bonds. The van der Waals surface area contributed by atoms with Gasteiger partial charge in [0, 0.05) is 62.3 Å². The topological polar surface area (TPSA) is 75.5 Å². The summed E-state index contributed by atoms with van der Waals surface area (Å²) in [6.07, 6.45) is 2.47. The maximum Gasteiger partial charge on any atom is 0.255 e. The highest BCUT2D eigenvalue weighted by atomic mass is 19.1. The van der Waals surface area contributed by atoms with Gasteiger partial charge < -0.3 is 19.9 Å². The average molecular weight is 479 g/mol. The van der Waals surface area contributed by atoms with Gasteiger partial charge in [-0.05, 0) is 37.6 Å². The fraction of sp³-hybridized carbons (Fsp3) is 0.423. The first-order valence-electron chi connectivity index (χ1n) is 12.0. The van der Waals surface area contributed by atoms with Crippen molar-refractivity contribution in [3.63, 3.8) is 0 Å². The molecular formula is C26H31FN6O2. The van der Waals surface area contributed by atoms with Crippen molar-refractivity contribution in [3.05, 3.63) is 70.5 Å². The highest BCUT2D eigenvalue weighted by molar-refractivity contribution is 5.60. The summed E-state index contributed by atoms with van der Waals surface area (Å²) in [6.45, 7) is 8.01. The van der Waals surface area contributed by atoms with E-state index < -0.39 is 5.82 Å². The fourth-order valence-electron chi connectivity index (χ4n) is 5.00. The summed E-state index contributed by atoms with van der Waals surface area (Å²) in [7, 11) is 1.69. The monoisotopic (exact) mass is 478 g/mol. The van der Waals surface area contributed by atoms with Crippen molar-refractivity contribution >= 4 is 11.6 Å². The number of nitrogens with one attached hydrogen (secondary N) is 1. The van der Waals surface area contributed by atoms with Crippen molar-refractivity contribution in [2.75, 3.05) is 42.6 Å². The van der Waals surface area contributed by atoms with Gasteiger partial charge in [0.05, 0.1) is 25.0 Å². The summed E-state index contributed by atoms with van der Waals surface area (Å²) in [5.41, 5.74) is 2.60. The molecule has 2 aliphatic rings. The van der Waals surface area contributed by atoms with Gasteiger partial charge in [0.2, 0.25) is 5.95 Å².